The fourth-order valence-electron chi connectivity index (χ4n) is 10.1. The molecule has 5 aliphatic heterocycles. The number of hydrogen-bond donors (Lipinski definition) is 7. The van der Waals surface area contributed by atoms with Gasteiger partial charge in [0.25, 0.3) is 17.7 Å². The molecular weight excluding hydrogens is 1220 g/mol. The summed E-state index contributed by atoms with van der Waals surface area (Å²) >= 11 is 11.9. The zero-order chi connectivity index (χ0) is 65.7. The van der Waals surface area contributed by atoms with Crippen LogP contribution in [-0.2, 0) is 58.6 Å². The van der Waals surface area contributed by atoms with Gasteiger partial charge in [-0.3, -0.25) is 19.2 Å². The normalized spacial score (nSPS) is 17.7. The molecule has 0 unspecified atom stereocenters. The number of aromatic carboxylic acids is 1. The van der Waals surface area contributed by atoms with Crippen molar-refractivity contribution in [1.29, 1.82) is 0 Å². The largest absolute Gasteiger partial charge is 0.482 e. The van der Waals surface area contributed by atoms with Crippen molar-refractivity contribution in [3.8, 4) is 11.8 Å². The number of carboxylic acid groups (broad SMARTS) is 1. The fraction of sp³-hybridized carbons (Fsp3) is 0.516. The average molecular weight is 1310 g/mol. The monoisotopic (exact) mass is 1310 g/mol. The molecule has 0 atom stereocenters. The van der Waals surface area contributed by atoms with Gasteiger partial charge in [-0.2, -0.15) is 0 Å². The molecule has 0 aliphatic carbocycles. The highest BCUT2D eigenvalue weighted by atomic mass is 35.5. The molecule has 3 aromatic heterocycles. The Balaban J connectivity index is 0.000000196. The molecule has 0 spiro atoms. The first kappa shape index (κ1) is 73.2. The first-order valence-electron chi connectivity index (χ1n) is 30.2. The standard InChI is InChI=1S/C24H28ClN3O5.C16H26N2O5.C8H6ClNO.C8H11NO3.C8H17NO3/c1-15-21(14-19-18-13-17(25)3-4-20(18)27-23(19)29)26-16(2)22(15)24(30)28-5-7-31-9-11-33-12-10-32-8-6-28;1-12-14(13(2)17-15(12)20-3)16(19)18-4-6-21-8-10-23-11-9-22-7-5-18;9-6-1-2-7-5(3-6)4-8(11)10-7;1-4-6(8(10)11)5(2)9-7(4)12-3;1-3-10-5-7-12-8-6-11-4-2-9-1/h3-4,13-14,26H,5-12H2,1-2H3,(H,27,29);17H,4-11H2,1-3H3;1-3H,4H2,(H,10,11);9H,1-3H3,(H,10,11);9H,1-8H2/b19-14-;;;;. The number of nitrogens with one attached hydrogen (secondary N) is 6. The Kier molecular flexibility index (Phi) is 31.3. The maximum Gasteiger partial charge on any atom is 0.337 e. The van der Waals surface area contributed by atoms with Gasteiger partial charge in [0.2, 0.25) is 5.91 Å². The van der Waals surface area contributed by atoms with Gasteiger partial charge >= 0.3 is 5.97 Å². The lowest BCUT2D eigenvalue weighted by atomic mass is 10.0. The van der Waals surface area contributed by atoms with Crippen molar-refractivity contribution in [3.05, 3.63) is 114 Å². The van der Waals surface area contributed by atoms with Crippen LogP contribution in [0.2, 0.25) is 10.0 Å². The number of H-pyrrole nitrogens is 3. The van der Waals surface area contributed by atoms with Crippen LogP contribution >= 0.6 is 23.2 Å². The second-order valence-electron chi connectivity index (χ2n) is 21.1. The number of fused-ring (bicyclic) bond motifs is 2. The Morgan fingerprint density at radius 3 is 1.34 bits per heavy atom. The summed E-state index contributed by atoms with van der Waals surface area (Å²) in [5.74, 6) is -0.0551. The summed E-state index contributed by atoms with van der Waals surface area (Å²) in [7, 11) is 3.09. The quantitative estimate of drug-likeness (QED) is 0.0824. The Hall–Kier alpha value is -6.85. The predicted molar refractivity (Wildman–Crippen MR) is 345 cm³/mol. The number of aromatic amines is 3. The summed E-state index contributed by atoms with van der Waals surface area (Å²) in [5.41, 5.74) is 10.6. The van der Waals surface area contributed by atoms with Crippen LogP contribution in [0.5, 0.6) is 11.8 Å². The van der Waals surface area contributed by atoms with Crippen LogP contribution in [0, 0.1) is 41.5 Å². The molecule has 2 aromatic carbocycles. The first-order valence-corrected chi connectivity index (χ1v) is 31.0. The smallest absolute Gasteiger partial charge is 0.337 e. The number of halogens is 2. The van der Waals surface area contributed by atoms with Crippen LogP contribution in [-0.4, -0.2) is 232 Å². The average Bonchev–Trinajstić information content (AvgIpc) is 1.77. The van der Waals surface area contributed by atoms with E-state index >= 15 is 0 Å². The van der Waals surface area contributed by atoms with Crippen LogP contribution in [0.3, 0.4) is 0 Å². The number of benzene rings is 2. The van der Waals surface area contributed by atoms with E-state index in [1.807, 2.05) is 39.8 Å². The number of hydrogen-bond acceptors (Lipinski definition) is 17. The van der Waals surface area contributed by atoms with E-state index in [9.17, 15) is 24.0 Å². The topological polar surface area (TPSA) is 297 Å². The Labute approximate surface area is 541 Å². The summed E-state index contributed by atoms with van der Waals surface area (Å²) in [6, 6.07) is 10.7. The minimum absolute atomic E-state index is 0.0277. The van der Waals surface area contributed by atoms with Gasteiger partial charge in [0, 0.05) is 100 Å². The molecule has 3 saturated heterocycles. The minimum Gasteiger partial charge on any atom is -0.482 e. The highest BCUT2D eigenvalue weighted by molar-refractivity contribution is 6.37. The van der Waals surface area contributed by atoms with Gasteiger partial charge in [-0.25, -0.2) is 4.79 Å². The third-order valence-corrected chi connectivity index (χ3v) is 15.2. The molecule has 0 bridgehead atoms. The number of aryl methyl sites for hydroxylation is 3. The van der Waals surface area contributed by atoms with E-state index in [0.29, 0.717) is 199 Å². The zero-order valence-corrected chi connectivity index (χ0v) is 54.9. The van der Waals surface area contributed by atoms with Crippen LogP contribution in [0.15, 0.2) is 36.4 Å². The lowest BCUT2D eigenvalue weighted by molar-refractivity contribution is -0.115. The Morgan fingerprint density at radius 2 is 0.901 bits per heavy atom. The van der Waals surface area contributed by atoms with Crippen molar-refractivity contribution >= 4 is 75.8 Å². The predicted octanol–water partition coefficient (Wildman–Crippen LogP) is 7.24. The fourth-order valence-corrected chi connectivity index (χ4v) is 10.4. The van der Waals surface area contributed by atoms with Crippen LogP contribution < -0.4 is 25.4 Å². The maximum absolute atomic E-state index is 13.5. The molecule has 91 heavy (non-hydrogen) atoms. The number of carboxylic acids is 1. The van der Waals surface area contributed by atoms with Gasteiger partial charge in [0.1, 0.15) is 0 Å². The van der Waals surface area contributed by atoms with Crippen molar-refractivity contribution in [2.45, 2.75) is 48.0 Å². The molecule has 7 N–H and O–H groups in total. The molecule has 5 aromatic rings. The summed E-state index contributed by atoms with van der Waals surface area (Å²) in [4.78, 5) is 73.2. The summed E-state index contributed by atoms with van der Waals surface area (Å²) in [6.07, 6.45) is 2.23. The molecule has 25 nitrogen and oxygen atoms in total. The second-order valence-corrected chi connectivity index (χ2v) is 22.0. The van der Waals surface area contributed by atoms with E-state index in [0.717, 1.165) is 71.3 Å². The highest BCUT2D eigenvalue weighted by Gasteiger charge is 2.28. The van der Waals surface area contributed by atoms with E-state index in [4.69, 9.17) is 80.4 Å². The third-order valence-electron chi connectivity index (χ3n) is 14.7. The number of aromatic nitrogens is 3. The number of carbonyl (C=O) groups excluding carboxylic acids is 4. The molecule has 3 fully saturated rings. The lowest BCUT2D eigenvalue weighted by Gasteiger charge is -2.24. The van der Waals surface area contributed by atoms with Gasteiger partial charge in [0.05, 0.1) is 162 Å². The van der Waals surface area contributed by atoms with E-state index < -0.39 is 5.97 Å². The van der Waals surface area contributed by atoms with Gasteiger partial charge < -0.3 is 97.9 Å². The van der Waals surface area contributed by atoms with Crippen molar-refractivity contribution < 1.29 is 81.2 Å². The zero-order valence-electron chi connectivity index (χ0n) is 53.3. The van der Waals surface area contributed by atoms with Crippen molar-refractivity contribution in [1.82, 2.24) is 30.1 Å². The third kappa shape index (κ3) is 22.7. The van der Waals surface area contributed by atoms with Crippen LogP contribution in [0.4, 0.5) is 11.4 Å². The number of anilines is 2. The van der Waals surface area contributed by atoms with Crippen molar-refractivity contribution in [2.24, 2.45) is 0 Å². The Morgan fingerprint density at radius 1 is 0.505 bits per heavy atom. The number of carbonyl (C=O) groups is 5. The Bertz CT molecular complexity index is 3130. The minimum atomic E-state index is -0.926. The molecule has 4 amide bonds. The number of ether oxygens (including phenoxy) is 11. The van der Waals surface area contributed by atoms with Crippen molar-refractivity contribution in [3.63, 3.8) is 0 Å². The van der Waals surface area contributed by atoms with Gasteiger partial charge in [-0.05, 0) is 95.1 Å². The molecule has 0 radical (unpaired) electrons. The lowest BCUT2D eigenvalue weighted by Crippen LogP contribution is -2.37. The summed E-state index contributed by atoms with van der Waals surface area (Å²) in [6.45, 7) is 24.8. The number of methoxy groups -OCH3 is 2. The molecule has 27 heteroatoms. The van der Waals surface area contributed by atoms with E-state index in [-0.39, 0.29) is 23.6 Å². The van der Waals surface area contributed by atoms with Gasteiger partial charge in [0.15, 0.2) is 11.8 Å². The molecule has 8 heterocycles. The SMILES string of the molecule is C1COCCOCCOCCN1.COc1[nH]c(C)c(C(=O)N2CCOCCOCCOCC2)c1C.COc1[nH]c(C)c(C(=O)O)c1C.Cc1[nH]c(/C=C2\C(=O)Nc3ccc(Cl)cc32)c(C)c1C(=O)N1CCOCCOCCOCC1.O=C1Cc2cc(Cl)ccc2N1. The molecule has 500 valence electrons. The maximum atomic E-state index is 13.5. The summed E-state index contributed by atoms with van der Waals surface area (Å²) < 4.78 is 59.0. The molecule has 0 saturated carbocycles. The molecule has 5 aliphatic rings. The van der Waals surface area contributed by atoms with Crippen LogP contribution in [0.25, 0.3) is 11.6 Å². The van der Waals surface area contributed by atoms with E-state index in [1.54, 1.807) is 61.1 Å². The highest BCUT2D eigenvalue weighted by Crippen LogP contribution is 2.36. The van der Waals surface area contributed by atoms with E-state index in [1.165, 1.54) is 7.11 Å². The number of rotatable bonds is 6. The summed E-state index contributed by atoms with van der Waals surface area (Å²) in [5, 5.41) is 18.8. The van der Waals surface area contributed by atoms with Gasteiger partial charge in [-0.1, -0.05) is 23.2 Å². The van der Waals surface area contributed by atoms with E-state index in [2.05, 4.69) is 30.9 Å². The number of amides is 4. The number of nitrogens with zero attached hydrogens (tertiary/aromatic N) is 2. The van der Waals surface area contributed by atoms with Crippen LogP contribution in [0.1, 0.15) is 81.7 Å². The second kappa shape index (κ2) is 38.9. The van der Waals surface area contributed by atoms with Gasteiger partial charge in [-0.15, -0.1) is 0 Å². The molecule has 10 rings (SSSR count). The van der Waals surface area contributed by atoms with Crippen molar-refractivity contribution in [2.75, 3.05) is 183 Å². The first-order chi connectivity index (χ1) is 43.9. The molecular formula is C64H88Cl2N8O17.